The van der Waals surface area contributed by atoms with Crippen molar-refractivity contribution in [1.29, 1.82) is 0 Å². The minimum absolute atomic E-state index is 0. The van der Waals surface area contributed by atoms with Gasteiger partial charge in [-0.3, -0.25) is 0 Å². The van der Waals surface area contributed by atoms with Gasteiger partial charge in [-0.05, 0) is 6.16 Å². The maximum absolute atomic E-state index is 2.58. The molecule has 0 aliphatic rings. The Labute approximate surface area is 40.3 Å². The molecule has 0 bridgehead atoms. The monoisotopic (exact) mass is 92.0 g/mol. The molecule has 0 fully saturated rings. The van der Waals surface area contributed by atoms with E-state index in [1.165, 1.54) is 6.16 Å². The van der Waals surface area contributed by atoms with Crippen LogP contribution >= 0.6 is 9.24 Å². The van der Waals surface area contributed by atoms with Crippen molar-refractivity contribution < 1.29 is 0 Å². The number of rotatable bonds is 0. The van der Waals surface area contributed by atoms with Crippen molar-refractivity contribution in [2.45, 2.75) is 6.92 Å². The van der Waals surface area contributed by atoms with Gasteiger partial charge < -0.3 is 0 Å². The summed E-state index contributed by atoms with van der Waals surface area (Å²) in [6.45, 7) is 2.09. The molecule has 0 aliphatic heterocycles. The van der Waals surface area contributed by atoms with E-state index in [-0.39, 0.29) is 17.4 Å². The van der Waals surface area contributed by atoms with Crippen LogP contribution in [0, 0.1) is 0 Å². The highest BCUT2D eigenvalue weighted by molar-refractivity contribution is 7.16. The second kappa shape index (κ2) is 9.03. The van der Waals surface area contributed by atoms with Crippen LogP contribution in [0.4, 0.5) is 0 Å². The molecule has 0 aliphatic carbocycles. The van der Waals surface area contributed by atoms with Gasteiger partial charge in [0.15, 0.2) is 17.4 Å². The van der Waals surface area contributed by atoms with E-state index < -0.39 is 0 Å². The number of hydrogen-bond donors (Lipinski definition) is 0. The molecule has 0 amide bonds. The molecule has 0 rings (SSSR count). The molecule has 0 radical (unpaired) electrons. The maximum Gasteiger partial charge on any atom is 0.187 e. The lowest BCUT2D eigenvalue weighted by Gasteiger charge is -1.48. The standard InChI is InChI=1S/C2H7P.Al.3H/c1-2-3;;;;/h2-3H2,1H3;;;;. The van der Waals surface area contributed by atoms with Crippen molar-refractivity contribution >= 4 is 26.6 Å². The Balaban J connectivity index is 0. The second-order valence-corrected chi connectivity index (χ2v) is 1.22. The minimum atomic E-state index is 0. The van der Waals surface area contributed by atoms with Crippen molar-refractivity contribution in [3.8, 4) is 0 Å². The first-order valence-corrected chi connectivity index (χ1v) is 1.93. The van der Waals surface area contributed by atoms with E-state index in [4.69, 9.17) is 0 Å². The van der Waals surface area contributed by atoms with Gasteiger partial charge in [-0.25, -0.2) is 0 Å². The molecule has 0 saturated heterocycles. The van der Waals surface area contributed by atoms with Crippen molar-refractivity contribution in [3.63, 3.8) is 0 Å². The highest BCUT2D eigenvalue weighted by Gasteiger charge is 1.35. The molecule has 0 heterocycles. The zero-order chi connectivity index (χ0) is 2.71. The van der Waals surface area contributed by atoms with Gasteiger partial charge >= 0.3 is 0 Å². The smallest absolute Gasteiger partial charge is 0.138 e. The van der Waals surface area contributed by atoms with Crippen molar-refractivity contribution in [2.75, 3.05) is 6.16 Å². The first-order chi connectivity index (χ1) is 1.41. The summed E-state index contributed by atoms with van der Waals surface area (Å²) >= 11 is 0. The molecular formula is C2H10AlP. The normalized spacial score (nSPS) is 4.50. The third kappa shape index (κ3) is 12.3. The quantitative estimate of drug-likeness (QED) is 0.284. The summed E-state index contributed by atoms with van der Waals surface area (Å²) in [7, 11) is 2.58. The van der Waals surface area contributed by atoms with E-state index in [9.17, 15) is 0 Å². The zero-order valence-corrected chi connectivity index (χ0v) is 3.44. The molecule has 26 valence electrons. The van der Waals surface area contributed by atoms with Crippen molar-refractivity contribution in [2.24, 2.45) is 0 Å². The second-order valence-electron chi connectivity index (χ2n) is 0.408. The van der Waals surface area contributed by atoms with Crippen LogP contribution in [0.2, 0.25) is 0 Å². The molecule has 2 heteroatoms. The van der Waals surface area contributed by atoms with E-state index in [0.29, 0.717) is 0 Å². The Kier molecular flexibility index (Phi) is 20.0. The first kappa shape index (κ1) is 8.88. The molecule has 0 N–H and O–H groups in total. The summed E-state index contributed by atoms with van der Waals surface area (Å²) in [6, 6.07) is 0. The van der Waals surface area contributed by atoms with Crippen LogP contribution in [-0.4, -0.2) is 23.5 Å². The van der Waals surface area contributed by atoms with Crippen LogP contribution in [0.1, 0.15) is 6.92 Å². The van der Waals surface area contributed by atoms with Gasteiger partial charge in [0.25, 0.3) is 0 Å². The predicted molar refractivity (Wildman–Crippen MR) is 30.2 cm³/mol. The van der Waals surface area contributed by atoms with Crippen LogP contribution in [-0.2, 0) is 0 Å². The Morgan fingerprint density at radius 1 is 1.75 bits per heavy atom. The lowest BCUT2D eigenvalue weighted by molar-refractivity contribution is 1.53. The molecule has 0 spiro atoms. The van der Waals surface area contributed by atoms with E-state index in [2.05, 4.69) is 16.2 Å². The molecule has 4 heavy (non-hydrogen) atoms. The van der Waals surface area contributed by atoms with Gasteiger partial charge in [0.2, 0.25) is 0 Å². The molecule has 0 aromatic rings. The van der Waals surface area contributed by atoms with Crippen molar-refractivity contribution in [3.05, 3.63) is 0 Å². The molecule has 1 atom stereocenters. The van der Waals surface area contributed by atoms with E-state index in [0.717, 1.165) is 0 Å². The summed E-state index contributed by atoms with van der Waals surface area (Å²) in [4.78, 5) is 0. The fourth-order valence-corrected chi connectivity index (χ4v) is 0. The Hall–Kier alpha value is 0.962. The largest absolute Gasteiger partial charge is 0.187 e. The summed E-state index contributed by atoms with van der Waals surface area (Å²) < 4.78 is 0. The maximum atomic E-state index is 2.58. The average Bonchev–Trinajstić information content (AvgIpc) is 0.918. The van der Waals surface area contributed by atoms with Crippen LogP contribution in [0.25, 0.3) is 0 Å². The first-order valence-electron chi connectivity index (χ1n) is 1.12. The van der Waals surface area contributed by atoms with E-state index in [1.807, 2.05) is 0 Å². The highest BCUT2D eigenvalue weighted by atomic mass is 31.0. The van der Waals surface area contributed by atoms with Gasteiger partial charge in [-0.15, -0.1) is 9.24 Å². The van der Waals surface area contributed by atoms with Gasteiger partial charge in [-0.1, -0.05) is 6.92 Å². The Bertz CT molecular complexity index is 6.00. The summed E-state index contributed by atoms with van der Waals surface area (Å²) in [6.07, 6.45) is 1.17. The van der Waals surface area contributed by atoms with Crippen LogP contribution in [0.5, 0.6) is 0 Å². The van der Waals surface area contributed by atoms with Gasteiger partial charge in [0.05, 0.1) is 0 Å². The van der Waals surface area contributed by atoms with Crippen LogP contribution < -0.4 is 0 Å². The topological polar surface area (TPSA) is 0 Å². The fourth-order valence-electron chi connectivity index (χ4n) is 0. The predicted octanol–water partition coefficient (Wildman–Crippen LogP) is -0.303. The molecule has 0 saturated carbocycles. The minimum Gasteiger partial charge on any atom is -0.138 e. The van der Waals surface area contributed by atoms with E-state index >= 15 is 0 Å². The summed E-state index contributed by atoms with van der Waals surface area (Å²) in [5.74, 6) is 0. The fraction of sp³-hybridized carbons (Fsp3) is 1.00. The zero-order valence-electron chi connectivity index (χ0n) is 2.28. The Morgan fingerprint density at radius 2 is 1.75 bits per heavy atom. The summed E-state index contributed by atoms with van der Waals surface area (Å²) in [5, 5.41) is 0. The molecule has 0 nitrogen and oxygen atoms in total. The average molecular weight is 92.1 g/mol. The lowest BCUT2D eigenvalue weighted by Crippen LogP contribution is -1.33. The molecular weight excluding hydrogens is 82.0 g/mol. The SMILES string of the molecule is CCP.[AlH3]. The molecule has 0 aromatic heterocycles. The van der Waals surface area contributed by atoms with Crippen LogP contribution in [0.15, 0.2) is 0 Å². The van der Waals surface area contributed by atoms with Gasteiger partial charge in [-0.2, -0.15) is 0 Å². The van der Waals surface area contributed by atoms with E-state index in [1.54, 1.807) is 0 Å². The Morgan fingerprint density at radius 3 is 1.75 bits per heavy atom. The third-order valence-corrected chi connectivity index (χ3v) is 0. The number of hydrogen-bond acceptors (Lipinski definition) is 0. The van der Waals surface area contributed by atoms with Gasteiger partial charge in [0.1, 0.15) is 0 Å². The molecule has 1 unspecified atom stereocenters. The molecule has 0 aromatic carbocycles. The highest BCUT2D eigenvalue weighted by Crippen LogP contribution is 1.68. The van der Waals surface area contributed by atoms with Crippen molar-refractivity contribution in [1.82, 2.24) is 0 Å². The lowest BCUT2D eigenvalue weighted by atomic mass is 11.0. The third-order valence-electron chi connectivity index (χ3n) is 0. The summed E-state index contributed by atoms with van der Waals surface area (Å²) in [5.41, 5.74) is 0. The van der Waals surface area contributed by atoms with Crippen LogP contribution in [0.3, 0.4) is 0 Å². The van der Waals surface area contributed by atoms with Gasteiger partial charge in [0, 0.05) is 0 Å².